The van der Waals surface area contributed by atoms with E-state index in [9.17, 15) is 0 Å². The average molecular weight is 1190 g/mol. The van der Waals surface area contributed by atoms with Gasteiger partial charge in [-0.2, -0.15) is 12.1 Å². The van der Waals surface area contributed by atoms with Crippen molar-refractivity contribution in [2.24, 2.45) is 0 Å². The van der Waals surface area contributed by atoms with Gasteiger partial charge in [0.2, 0.25) is 0 Å². The number of anilines is 4. The minimum absolute atomic E-state index is 0. The molecule has 0 unspecified atom stereocenters. The Morgan fingerprint density at radius 3 is 1.55 bits per heavy atom. The third kappa shape index (κ3) is 9.93. The third-order valence-electron chi connectivity index (χ3n) is 16.2. The van der Waals surface area contributed by atoms with E-state index in [4.69, 9.17) is 9.72 Å². The number of pyridine rings is 1. The van der Waals surface area contributed by atoms with E-state index in [-0.39, 0.29) is 48.1 Å². The molecule has 0 bridgehead atoms. The second-order valence-electron chi connectivity index (χ2n) is 24.4. The Morgan fingerprint density at radius 2 is 0.961 bits per heavy atom. The van der Waals surface area contributed by atoms with Crippen molar-refractivity contribution in [3.8, 4) is 17.3 Å². The summed E-state index contributed by atoms with van der Waals surface area (Å²) in [5.74, 6) is 2.03. The first-order valence-electron chi connectivity index (χ1n) is 26.8. The Bertz CT molecular complexity index is 3700. The van der Waals surface area contributed by atoms with Crippen molar-refractivity contribution >= 4 is 44.6 Å². The summed E-state index contributed by atoms with van der Waals surface area (Å²) in [5, 5.41) is 2.22. The predicted octanol–water partition coefficient (Wildman–Crippen LogP) is 18.6. The second kappa shape index (κ2) is 20.0. The molecule has 0 saturated heterocycles. The van der Waals surface area contributed by atoms with Crippen LogP contribution in [0.15, 0.2) is 194 Å². The van der Waals surface area contributed by atoms with Crippen molar-refractivity contribution in [3.63, 3.8) is 0 Å². The molecule has 2 aromatic heterocycles. The molecule has 0 radical (unpaired) electrons. The Kier molecular flexibility index (Phi) is 13.8. The molecular formula is C71H69N4OPt-3. The van der Waals surface area contributed by atoms with Crippen molar-refractivity contribution < 1.29 is 25.8 Å². The summed E-state index contributed by atoms with van der Waals surface area (Å²) in [6.45, 7) is 29.7. The van der Waals surface area contributed by atoms with Crippen LogP contribution in [-0.2, 0) is 48.1 Å². The van der Waals surface area contributed by atoms with Crippen molar-refractivity contribution in [1.29, 1.82) is 0 Å². The molecule has 5 nitrogen and oxygen atoms in total. The molecule has 77 heavy (non-hydrogen) atoms. The van der Waals surface area contributed by atoms with E-state index in [0.717, 1.165) is 50.4 Å². The van der Waals surface area contributed by atoms with E-state index >= 15 is 0 Å². The van der Waals surface area contributed by atoms with Crippen LogP contribution in [0.5, 0.6) is 11.5 Å². The van der Waals surface area contributed by atoms with Crippen LogP contribution in [0, 0.1) is 18.8 Å². The second-order valence-corrected chi connectivity index (χ2v) is 24.4. The molecule has 0 fully saturated rings. The van der Waals surface area contributed by atoms with Crippen LogP contribution in [0.1, 0.15) is 128 Å². The van der Waals surface area contributed by atoms with Gasteiger partial charge in [0.15, 0.2) is 0 Å². The fourth-order valence-electron chi connectivity index (χ4n) is 10.9. The van der Waals surface area contributed by atoms with E-state index in [1.165, 1.54) is 44.5 Å². The van der Waals surface area contributed by atoms with Gasteiger partial charge in [0.05, 0.1) is 0 Å². The first kappa shape index (κ1) is 53.2. The first-order valence-corrected chi connectivity index (χ1v) is 26.8. The summed E-state index contributed by atoms with van der Waals surface area (Å²) in [7, 11) is 0. The number of hydrogen-bond acceptors (Lipinski definition) is 4. The van der Waals surface area contributed by atoms with Crippen molar-refractivity contribution in [2.45, 2.75) is 110 Å². The molecular weight excluding hydrogens is 1120 g/mol. The van der Waals surface area contributed by atoms with Crippen molar-refractivity contribution in [1.82, 2.24) is 9.55 Å². The topological polar surface area (TPSA) is 33.5 Å². The van der Waals surface area contributed by atoms with Crippen LogP contribution < -0.4 is 14.5 Å². The zero-order valence-corrected chi connectivity index (χ0v) is 48.8. The Labute approximate surface area is 471 Å². The summed E-state index contributed by atoms with van der Waals surface area (Å²) in [6.07, 6.45) is 1.92. The van der Waals surface area contributed by atoms with E-state index in [1.807, 2.05) is 18.3 Å². The van der Waals surface area contributed by atoms with Gasteiger partial charge < -0.3 is 19.1 Å². The maximum atomic E-state index is 6.86. The largest absolute Gasteiger partial charge is 0.509 e. The number of nitrogens with zero attached hydrogens (tertiary/aromatic N) is 4. The van der Waals surface area contributed by atoms with Gasteiger partial charge in [0.1, 0.15) is 5.82 Å². The van der Waals surface area contributed by atoms with Gasteiger partial charge in [-0.25, -0.2) is 4.98 Å². The number of fused-ring (bicyclic) bond motifs is 4. The Hall–Kier alpha value is -7.20. The number of hydrogen-bond donors (Lipinski definition) is 0. The fourth-order valence-corrected chi connectivity index (χ4v) is 10.9. The van der Waals surface area contributed by atoms with E-state index in [0.29, 0.717) is 11.5 Å². The number of aromatic nitrogens is 2. The number of ether oxygens (including phenoxy) is 1. The maximum Gasteiger partial charge on any atom is 0.135 e. The number of benzene rings is 8. The molecule has 1 aliphatic heterocycles. The molecule has 1 aliphatic rings. The molecule has 0 atom stereocenters. The minimum Gasteiger partial charge on any atom is -0.509 e. The summed E-state index contributed by atoms with van der Waals surface area (Å²) < 4.78 is 9.10. The SMILES string of the molecule is CC(C)(C)c1ccnc(-n2c3[c-]c(Oc4[c-]c(N5[CH-]N(c6cc(C(C)(C)c7ccccc7)cc(C(C)(C)c7ccccc7)c6)c6ccc(C(C)(C)C)cc65)ccc4)ccc3c3cc(C(C)(C)c4ccccc4)ccc32)c1.[Pt]. The van der Waals surface area contributed by atoms with Gasteiger partial charge in [-0.15, -0.1) is 48.1 Å². The van der Waals surface area contributed by atoms with Crippen LogP contribution in [0.2, 0.25) is 0 Å². The van der Waals surface area contributed by atoms with Gasteiger partial charge >= 0.3 is 0 Å². The molecule has 0 saturated carbocycles. The summed E-state index contributed by atoms with van der Waals surface area (Å²) in [6, 6.07) is 75.6. The Morgan fingerprint density at radius 1 is 0.416 bits per heavy atom. The summed E-state index contributed by atoms with van der Waals surface area (Å²) in [4.78, 5) is 9.62. The molecule has 0 amide bonds. The summed E-state index contributed by atoms with van der Waals surface area (Å²) >= 11 is 0. The fraction of sp³-hybridized carbons (Fsp3) is 0.239. The van der Waals surface area contributed by atoms with E-state index in [2.05, 4.69) is 292 Å². The molecule has 3 heterocycles. The molecule has 0 aliphatic carbocycles. The van der Waals surface area contributed by atoms with Crippen LogP contribution in [0.25, 0.3) is 27.6 Å². The van der Waals surface area contributed by atoms with Crippen LogP contribution in [0.4, 0.5) is 22.7 Å². The molecule has 0 N–H and O–H groups in total. The first-order chi connectivity index (χ1) is 36.2. The summed E-state index contributed by atoms with van der Waals surface area (Å²) in [5.41, 5.74) is 15.2. The molecule has 0 spiro atoms. The average Bonchev–Trinajstić information content (AvgIpc) is 3.97. The van der Waals surface area contributed by atoms with Gasteiger partial charge in [-0.3, -0.25) is 0 Å². The normalized spacial score (nSPS) is 13.2. The molecule has 6 heteroatoms. The van der Waals surface area contributed by atoms with Crippen molar-refractivity contribution in [2.75, 3.05) is 9.80 Å². The smallest absolute Gasteiger partial charge is 0.135 e. The number of rotatable bonds is 11. The monoisotopic (exact) mass is 1190 g/mol. The molecule has 11 rings (SSSR count). The van der Waals surface area contributed by atoms with Crippen molar-refractivity contribution in [3.05, 3.63) is 258 Å². The van der Waals surface area contributed by atoms with Crippen LogP contribution in [-0.4, -0.2) is 9.55 Å². The zero-order valence-electron chi connectivity index (χ0n) is 46.6. The van der Waals surface area contributed by atoms with Gasteiger partial charge in [0.25, 0.3) is 0 Å². The predicted molar refractivity (Wildman–Crippen MR) is 317 cm³/mol. The van der Waals surface area contributed by atoms with Crippen LogP contribution >= 0.6 is 0 Å². The molecule has 392 valence electrons. The van der Waals surface area contributed by atoms with Gasteiger partial charge in [-0.05, 0) is 103 Å². The van der Waals surface area contributed by atoms with Gasteiger partial charge in [-0.1, -0.05) is 204 Å². The standard InChI is InChI=1S/C71H69N4O.Pt/c1-67(2,3)51-31-36-63-65(43-51)73(47-74(63)57-40-54(70(9,10)49-25-18-14-19-26-49)39-55(41-57)71(11,12)50-27-20-15-21-28-50)56-29-22-30-58(45-56)76-59-33-34-60-61-42-53(69(7,8)48-23-16-13-17-24-48)32-35-62(61)75(64(60)46-59)66-44-52(37-38-72-66)68(4,5)6;/h13-44,47H,1-12H3;/q-3;. The van der Waals surface area contributed by atoms with E-state index in [1.54, 1.807) is 0 Å². The quantitative estimate of drug-likeness (QED) is 0.121. The minimum atomic E-state index is -0.278. The molecule has 10 aromatic rings. The zero-order chi connectivity index (χ0) is 53.4. The molecule has 8 aromatic carbocycles. The van der Waals surface area contributed by atoms with Crippen LogP contribution in [0.3, 0.4) is 0 Å². The third-order valence-corrected chi connectivity index (χ3v) is 16.2. The maximum absolute atomic E-state index is 6.86. The van der Waals surface area contributed by atoms with E-state index < -0.39 is 0 Å². The van der Waals surface area contributed by atoms with Gasteiger partial charge in [0, 0.05) is 77.6 Å². The Balaban J connectivity index is 0.00000672.